The van der Waals surface area contributed by atoms with Crippen LogP contribution < -0.4 is 0 Å². The Morgan fingerprint density at radius 3 is 0.929 bits per heavy atom. The highest BCUT2D eigenvalue weighted by Crippen LogP contribution is 2.18. The van der Waals surface area contributed by atoms with Crippen molar-refractivity contribution in [3.63, 3.8) is 0 Å². The summed E-state index contributed by atoms with van der Waals surface area (Å²) in [6.45, 7) is 13.7. The Hall–Kier alpha value is -1.59. The molecular weight excluding hydrogens is 697 g/mol. The van der Waals surface area contributed by atoms with Crippen LogP contribution in [0, 0.1) is 17.8 Å². The SMILES string of the molecule is CCC(C)CCCCCCCCCCC(=O)OC[C@@H](COC(=O)CCCCCCCCCCCC(C)C)OC(=O)CCCCCCCCCCCCCC(C)C. The first-order valence-electron chi connectivity index (χ1n) is 24.6. The molecule has 332 valence electrons. The molecule has 0 aliphatic carbocycles. The van der Waals surface area contributed by atoms with Gasteiger partial charge in [-0.3, -0.25) is 14.4 Å². The largest absolute Gasteiger partial charge is 0.462 e. The van der Waals surface area contributed by atoms with Gasteiger partial charge in [0.15, 0.2) is 6.10 Å². The molecule has 6 heteroatoms. The van der Waals surface area contributed by atoms with Gasteiger partial charge in [0.25, 0.3) is 0 Å². The Morgan fingerprint density at radius 2 is 0.625 bits per heavy atom. The Bertz CT molecular complexity index is 870. The van der Waals surface area contributed by atoms with Crippen molar-refractivity contribution in [3.05, 3.63) is 0 Å². The summed E-state index contributed by atoms with van der Waals surface area (Å²) in [7, 11) is 0. The summed E-state index contributed by atoms with van der Waals surface area (Å²) in [6, 6.07) is 0. The molecule has 0 aliphatic rings. The minimum atomic E-state index is -0.762. The fraction of sp³-hybridized carbons (Fsp3) is 0.940. The van der Waals surface area contributed by atoms with E-state index in [-0.39, 0.29) is 31.1 Å². The van der Waals surface area contributed by atoms with E-state index < -0.39 is 6.10 Å². The zero-order chi connectivity index (χ0) is 41.3. The molecule has 0 aliphatic heterocycles. The third kappa shape index (κ3) is 42.0. The van der Waals surface area contributed by atoms with E-state index in [2.05, 4.69) is 41.5 Å². The van der Waals surface area contributed by atoms with Gasteiger partial charge < -0.3 is 14.2 Å². The number of rotatable bonds is 43. The number of esters is 3. The second-order valence-corrected chi connectivity index (χ2v) is 18.3. The van der Waals surface area contributed by atoms with E-state index in [1.807, 2.05) is 0 Å². The summed E-state index contributed by atoms with van der Waals surface area (Å²) in [5.41, 5.74) is 0. The molecule has 0 spiro atoms. The van der Waals surface area contributed by atoms with Crippen LogP contribution in [0.5, 0.6) is 0 Å². The molecule has 0 aromatic carbocycles. The predicted octanol–water partition coefficient (Wildman–Crippen LogP) is 15.6. The maximum atomic E-state index is 12.8. The number of carbonyl (C=O) groups excluding carboxylic acids is 3. The van der Waals surface area contributed by atoms with Crippen molar-refractivity contribution in [1.82, 2.24) is 0 Å². The standard InChI is InChI=1S/C50H96O6/c1-7-46(6)38-32-26-20-16-17-22-28-34-40-49(52)55-43-47(42-54-48(51)39-33-27-21-15-11-13-19-25-31-37-45(4)5)56-50(53)41-35-29-23-14-10-8-9-12-18-24-30-36-44(2)3/h44-47H,7-43H2,1-6H3/t46?,47-/m1/s1. The van der Waals surface area contributed by atoms with Crippen molar-refractivity contribution in [1.29, 1.82) is 0 Å². The average molecular weight is 793 g/mol. The van der Waals surface area contributed by atoms with E-state index in [0.717, 1.165) is 75.5 Å². The van der Waals surface area contributed by atoms with E-state index in [4.69, 9.17) is 14.2 Å². The van der Waals surface area contributed by atoms with Gasteiger partial charge in [-0.15, -0.1) is 0 Å². The van der Waals surface area contributed by atoms with Crippen LogP contribution in [-0.4, -0.2) is 37.2 Å². The highest BCUT2D eigenvalue weighted by atomic mass is 16.6. The Labute approximate surface area is 348 Å². The van der Waals surface area contributed by atoms with Gasteiger partial charge in [0, 0.05) is 19.3 Å². The summed E-state index contributed by atoms with van der Waals surface area (Å²) < 4.78 is 16.8. The molecule has 0 rings (SSSR count). The van der Waals surface area contributed by atoms with Gasteiger partial charge in [0.1, 0.15) is 13.2 Å². The molecule has 2 atom stereocenters. The first-order chi connectivity index (χ1) is 27.1. The van der Waals surface area contributed by atoms with Crippen LogP contribution in [0.2, 0.25) is 0 Å². The van der Waals surface area contributed by atoms with Crippen LogP contribution in [0.3, 0.4) is 0 Å². The minimum Gasteiger partial charge on any atom is -0.462 e. The number of unbranched alkanes of at least 4 members (excludes halogenated alkanes) is 25. The van der Waals surface area contributed by atoms with E-state index in [0.29, 0.717) is 19.3 Å². The summed E-state index contributed by atoms with van der Waals surface area (Å²) >= 11 is 0. The lowest BCUT2D eigenvalue weighted by Crippen LogP contribution is -2.30. The smallest absolute Gasteiger partial charge is 0.306 e. The molecule has 0 aromatic rings. The van der Waals surface area contributed by atoms with Crippen molar-refractivity contribution in [3.8, 4) is 0 Å². The van der Waals surface area contributed by atoms with E-state index in [9.17, 15) is 14.4 Å². The molecule has 0 bridgehead atoms. The molecule has 0 saturated heterocycles. The van der Waals surface area contributed by atoms with Crippen molar-refractivity contribution in [2.45, 2.75) is 272 Å². The number of hydrogen-bond donors (Lipinski definition) is 0. The summed E-state index contributed by atoms with van der Waals surface area (Å²) in [6.07, 6.45) is 39.4. The Kier molecular flexibility index (Phi) is 40.4. The lowest BCUT2D eigenvalue weighted by molar-refractivity contribution is -0.167. The first-order valence-corrected chi connectivity index (χ1v) is 24.6. The molecule has 0 saturated carbocycles. The van der Waals surface area contributed by atoms with Crippen LogP contribution in [0.1, 0.15) is 266 Å². The van der Waals surface area contributed by atoms with Crippen molar-refractivity contribution in [2.75, 3.05) is 13.2 Å². The van der Waals surface area contributed by atoms with Gasteiger partial charge in [0.05, 0.1) is 0 Å². The zero-order valence-corrected chi connectivity index (χ0v) is 38.4. The number of hydrogen-bond acceptors (Lipinski definition) is 6. The molecule has 0 amide bonds. The fourth-order valence-electron chi connectivity index (χ4n) is 7.38. The Balaban J connectivity index is 4.35. The summed E-state index contributed by atoms with van der Waals surface area (Å²) in [5, 5.41) is 0. The molecule has 0 N–H and O–H groups in total. The van der Waals surface area contributed by atoms with E-state index in [1.165, 1.54) is 148 Å². The molecule has 0 heterocycles. The molecular formula is C50H96O6. The van der Waals surface area contributed by atoms with Crippen LogP contribution in [-0.2, 0) is 28.6 Å². The molecule has 1 unspecified atom stereocenters. The summed E-state index contributed by atoms with van der Waals surface area (Å²) in [5.74, 6) is 1.62. The van der Waals surface area contributed by atoms with Gasteiger partial charge in [0.2, 0.25) is 0 Å². The number of carbonyl (C=O) groups is 3. The van der Waals surface area contributed by atoms with E-state index in [1.54, 1.807) is 0 Å². The van der Waals surface area contributed by atoms with E-state index >= 15 is 0 Å². The summed E-state index contributed by atoms with van der Waals surface area (Å²) in [4.78, 5) is 37.8. The lowest BCUT2D eigenvalue weighted by atomic mass is 9.99. The monoisotopic (exact) mass is 793 g/mol. The first kappa shape index (κ1) is 54.4. The second kappa shape index (κ2) is 41.6. The number of ether oxygens (including phenoxy) is 3. The van der Waals surface area contributed by atoms with Crippen LogP contribution >= 0.6 is 0 Å². The molecule has 0 fully saturated rings. The highest BCUT2D eigenvalue weighted by Gasteiger charge is 2.19. The minimum absolute atomic E-state index is 0.0657. The second-order valence-electron chi connectivity index (χ2n) is 18.3. The van der Waals surface area contributed by atoms with Crippen molar-refractivity contribution < 1.29 is 28.6 Å². The molecule has 56 heavy (non-hydrogen) atoms. The predicted molar refractivity (Wildman–Crippen MR) is 238 cm³/mol. The van der Waals surface area contributed by atoms with Gasteiger partial charge in [-0.2, -0.15) is 0 Å². The van der Waals surface area contributed by atoms with Crippen molar-refractivity contribution in [2.24, 2.45) is 17.8 Å². The van der Waals surface area contributed by atoms with Crippen LogP contribution in [0.25, 0.3) is 0 Å². The maximum absolute atomic E-state index is 12.8. The average Bonchev–Trinajstić information content (AvgIpc) is 3.16. The van der Waals surface area contributed by atoms with Crippen molar-refractivity contribution >= 4 is 17.9 Å². The van der Waals surface area contributed by atoms with Crippen LogP contribution in [0.4, 0.5) is 0 Å². The normalized spacial score (nSPS) is 12.6. The van der Waals surface area contributed by atoms with Gasteiger partial charge in [-0.25, -0.2) is 0 Å². The van der Waals surface area contributed by atoms with Crippen LogP contribution in [0.15, 0.2) is 0 Å². The third-order valence-corrected chi connectivity index (χ3v) is 11.5. The quantitative estimate of drug-likeness (QED) is 0.0348. The molecule has 0 radical (unpaired) electrons. The zero-order valence-electron chi connectivity index (χ0n) is 38.4. The lowest BCUT2D eigenvalue weighted by Gasteiger charge is -2.18. The highest BCUT2D eigenvalue weighted by molar-refractivity contribution is 5.71. The maximum Gasteiger partial charge on any atom is 0.306 e. The third-order valence-electron chi connectivity index (χ3n) is 11.5. The topological polar surface area (TPSA) is 78.9 Å². The Morgan fingerprint density at radius 1 is 0.357 bits per heavy atom. The molecule has 6 nitrogen and oxygen atoms in total. The van der Waals surface area contributed by atoms with Gasteiger partial charge in [-0.1, -0.05) is 228 Å². The fourth-order valence-corrected chi connectivity index (χ4v) is 7.38. The molecule has 0 aromatic heterocycles. The van der Waals surface area contributed by atoms with Gasteiger partial charge in [-0.05, 0) is 37.0 Å². The van der Waals surface area contributed by atoms with Gasteiger partial charge >= 0.3 is 17.9 Å².